The molecule has 112 valence electrons. The maximum absolute atomic E-state index is 6.17. The van der Waals surface area contributed by atoms with E-state index in [4.69, 9.17) is 9.72 Å². The van der Waals surface area contributed by atoms with E-state index in [9.17, 15) is 0 Å². The first-order valence-corrected chi connectivity index (χ1v) is 7.90. The lowest BCUT2D eigenvalue weighted by molar-refractivity contribution is 0.231. The van der Waals surface area contributed by atoms with Crippen molar-refractivity contribution in [1.82, 2.24) is 9.55 Å². The molecule has 0 amide bonds. The number of benzene rings is 1. The summed E-state index contributed by atoms with van der Waals surface area (Å²) in [4.78, 5) is 4.89. The second kappa shape index (κ2) is 3.93. The summed E-state index contributed by atoms with van der Waals surface area (Å²) in [6.45, 7) is 13.2. The Bertz CT molecular complexity index is 761. The number of fused-ring (bicyclic) bond motifs is 5. The molecule has 1 N–H and O–H groups in total. The average molecular weight is 285 g/mol. The van der Waals surface area contributed by atoms with Gasteiger partial charge < -0.3 is 14.6 Å². The molecule has 21 heavy (non-hydrogen) atoms. The zero-order chi connectivity index (χ0) is 15.0. The third-order valence-electron chi connectivity index (χ3n) is 5.62. The Balaban J connectivity index is 2.14. The van der Waals surface area contributed by atoms with Crippen molar-refractivity contribution in [3.05, 3.63) is 16.7 Å². The van der Waals surface area contributed by atoms with Crippen molar-refractivity contribution >= 4 is 17.0 Å². The number of hydrogen-bond donors (Lipinski definition) is 1. The van der Waals surface area contributed by atoms with Crippen molar-refractivity contribution in [3.63, 3.8) is 0 Å². The number of hydrogen-bond acceptors (Lipinski definition) is 3. The topological polar surface area (TPSA) is 39.1 Å². The molecule has 0 saturated carbocycles. The van der Waals surface area contributed by atoms with Gasteiger partial charge in [0.25, 0.3) is 0 Å². The Morgan fingerprint density at radius 2 is 1.81 bits per heavy atom. The molecule has 2 aliphatic heterocycles. The van der Waals surface area contributed by atoms with E-state index < -0.39 is 0 Å². The van der Waals surface area contributed by atoms with Crippen LogP contribution >= 0.6 is 0 Å². The summed E-state index contributed by atoms with van der Waals surface area (Å²) in [5.74, 6) is 2.51. The molecule has 4 rings (SSSR count). The Labute approximate surface area is 125 Å². The van der Waals surface area contributed by atoms with Crippen molar-refractivity contribution < 1.29 is 4.74 Å². The summed E-state index contributed by atoms with van der Waals surface area (Å²) in [6.07, 6.45) is 0.233. The van der Waals surface area contributed by atoms with Crippen LogP contribution in [0, 0.1) is 13.8 Å². The van der Waals surface area contributed by atoms with Gasteiger partial charge in [-0.1, -0.05) is 6.92 Å². The minimum Gasteiger partial charge on any atom is -0.489 e. The molecular weight excluding hydrogens is 262 g/mol. The van der Waals surface area contributed by atoms with Crippen LogP contribution in [-0.4, -0.2) is 21.7 Å². The van der Waals surface area contributed by atoms with Crippen LogP contribution in [0.3, 0.4) is 0 Å². The van der Waals surface area contributed by atoms with Crippen LogP contribution < -0.4 is 10.1 Å². The first-order valence-electron chi connectivity index (χ1n) is 7.90. The number of anilines is 1. The van der Waals surface area contributed by atoms with Gasteiger partial charge in [0.1, 0.15) is 11.9 Å². The molecule has 4 unspecified atom stereocenters. The monoisotopic (exact) mass is 285 g/mol. The van der Waals surface area contributed by atoms with E-state index in [1.54, 1.807) is 0 Å². The van der Waals surface area contributed by atoms with Crippen molar-refractivity contribution in [1.29, 1.82) is 0 Å². The van der Waals surface area contributed by atoms with E-state index in [2.05, 4.69) is 51.4 Å². The maximum Gasteiger partial charge on any atom is 0.204 e. The molecule has 3 heterocycles. The molecule has 2 aromatic rings. The molecule has 4 heteroatoms. The summed E-state index contributed by atoms with van der Waals surface area (Å²) in [5, 5.41) is 3.51. The Kier molecular flexibility index (Phi) is 2.43. The molecule has 2 aliphatic rings. The number of ether oxygens (including phenoxy) is 1. The van der Waals surface area contributed by atoms with Crippen LogP contribution in [-0.2, 0) is 0 Å². The molecule has 0 aliphatic carbocycles. The fourth-order valence-electron chi connectivity index (χ4n) is 3.75. The fourth-order valence-corrected chi connectivity index (χ4v) is 3.75. The van der Waals surface area contributed by atoms with E-state index in [1.165, 1.54) is 22.2 Å². The van der Waals surface area contributed by atoms with E-state index in [0.29, 0.717) is 18.0 Å². The average Bonchev–Trinajstić information content (AvgIpc) is 3.03. The van der Waals surface area contributed by atoms with Gasteiger partial charge in [-0.25, -0.2) is 4.98 Å². The quantitative estimate of drug-likeness (QED) is 0.797. The number of nitrogens with one attached hydrogen (secondary N) is 1. The predicted molar refractivity (Wildman–Crippen MR) is 85.5 cm³/mol. The maximum atomic E-state index is 6.17. The summed E-state index contributed by atoms with van der Waals surface area (Å²) < 4.78 is 8.55. The lowest BCUT2D eigenvalue weighted by Gasteiger charge is -2.16. The molecule has 0 radical (unpaired) electrons. The van der Waals surface area contributed by atoms with Gasteiger partial charge in [-0.2, -0.15) is 0 Å². The minimum absolute atomic E-state index is 0.233. The summed E-state index contributed by atoms with van der Waals surface area (Å²) in [6, 6.07) is 0.837. The molecular formula is C17H23N3O. The zero-order valence-electron chi connectivity index (χ0n) is 13.6. The summed E-state index contributed by atoms with van der Waals surface area (Å²) in [7, 11) is 0. The van der Waals surface area contributed by atoms with Crippen molar-refractivity contribution in [3.8, 4) is 5.75 Å². The second-order valence-corrected chi connectivity index (χ2v) is 6.78. The van der Waals surface area contributed by atoms with Gasteiger partial charge in [-0.3, -0.25) is 0 Å². The number of nitrogens with zero attached hydrogens (tertiary/aromatic N) is 2. The first-order chi connectivity index (χ1) is 9.91. The smallest absolute Gasteiger partial charge is 0.204 e. The van der Waals surface area contributed by atoms with Crippen LogP contribution in [0.15, 0.2) is 0 Å². The molecule has 4 nitrogen and oxygen atoms in total. The van der Waals surface area contributed by atoms with E-state index in [-0.39, 0.29) is 6.10 Å². The van der Waals surface area contributed by atoms with Crippen molar-refractivity contribution in [2.75, 3.05) is 5.32 Å². The highest BCUT2D eigenvalue weighted by atomic mass is 16.5. The first kappa shape index (κ1) is 13.0. The van der Waals surface area contributed by atoms with Crippen LogP contribution in [0.25, 0.3) is 11.0 Å². The normalized spacial score (nSPS) is 30.2. The van der Waals surface area contributed by atoms with E-state index >= 15 is 0 Å². The fraction of sp³-hybridized carbons (Fsp3) is 0.588. The highest BCUT2D eigenvalue weighted by molar-refractivity contribution is 5.90. The lowest BCUT2D eigenvalue weighted by Crippen LogP contribution is -2.16. The Hall–Kier alpha value is -1.71. The molecule has 0 saturated heterocycles. The van der Waals surface area contributed by atoms with Gasteiger partial charge >= 0.3 is 0 Å². The summed E-state index contributed by atoms with van der Waals surface area (Å²) in [5.41, 5.74) is 6.25. The third kappa shape index (κ3) is 1.43. The number of rotatable bonds is 0. The van der Waals surface area contributed by atoms with Gasteiger partial charge in [0.2, 0.25) is 5.95 Å². The Morgan fingerprint density at radius 1 is 1.10 bits per heavy atom. The molecule has 4 atom stereocenters. The highest BCUT2D eigenvalue weighted by Gasteiger charge is 2.37. The van der Waals surface area contributed by atoms with Gasteiger partial charge in [-0.15, -0.1) is 0 Å². The lowest BCUT2D eigenvalue weighted by atomic mass is 9.93. The van der Waals surface area contributed by atoms with Crippen molar-refractivity contribution in [2.24, 2.45) is 0 Å². The predicted octanol–water partition coefficient (Wildman–Crippen LogP) is 3.91. The Morgan fingerprint density at radius 3 is 2.52 bits per heavy atom. The largest absolute Gasteiger partial charge is 0.489 e. The standard InChI is InChI=1S/C17H23N3O/c1-7-8(2)16-13(9(3)12(6)21-16)15-14(7)19-17-18-10(4)11(5)20(15)17/h9-12H,1-6H3,(H,18,19). The van der Waals surface area contributed by atoms with Crippen LogP contribution in [0.2, 0.25) is 0 Å². The van der Waals surface area contributed by atoms with Gasteiger partial charge in [-0.05, 0) is 45.7 Å². The van der Waals surface area contributed by atoms with Crippen LogP contribution in [0.5, 0.6) is 5.75 Å². The molecule has 1 aromatic heterocycles. The number of aromatic nitrogens is 2. The van der Waals surface area contributed by atoms with Gasteiger partial charge in [0, 0.05) is 17.5 Å². The SMILES string of the molecule is Cc1c2c(c3c(nc4n3C(C)C(C)N4)c1C)C(C)C(C)O2. The van der Waals surface area contributed by atoms with Crippen LogP contribution in [0.4, 0.5) is 5.95 Å². The molecule has 1 aromatic carbocycles. The van der Waals surface area contributed by atoms with Crippen LogP contribution in [0.1, 0.15) is 56.3 Å². The molecule has 0 bridgehead atoms. The van der Waals surface area contributed by atoms with E-state index in [0.717, 1.165) is 17.2 Å². The number of imidazole rings is 1. The molecule has 0 spiro atoms. The second-order valence-electron chi connectivity index (χ2n) is 6.78. The zero-order valence-corrected chi connectivity index (χ0v) is 13.6. The van der Waals surface area contributed by atoms with Gasteiger partial charge in [0.15, 0.2) is 0 Å². The molecule has 0 fully saturated rings. The van der Waals surface area contributed by atoms with Gasteiger partial charge in [0.05, 0.1) is 17.1 Å². The summed E-state index contributed by atoms with van der Waals surface area (Å²) >= 11 is 0. The van der Waals surface area contributed by atoms with E-state index in [1.807, 2.05) is 0 Å². The minimum atomic E-state index is 0.233. The highest BCUT2D eigenvalue weighted by Crippen LogP contribution is 2.48. The number of aryl methyl sites for hydroxylation is 1. The van der Waals surface area contributed by atoms with Crippen molar-refractivity contribution in [2.45, 2.75) is 65.6 Å². The third-order valence-corrected chi connectivity index (χ3v) is 5.62.